The van der Waals surface area contributed by atoms with Crippen LogP contribution < -0.4 is 14.5 Å². The molecule has 1 aliphatic heterocycles. The van der Waals surface area contributed by atoms with E-state index >= 15 is 0 Å². The van der Waals surface area contributed by atoms with E-state index in [1.54, 1.807) is 53.4 Å². The minimum absolute atomic E-state index is 0.141. The topological polar surface area (TPSA) is 84.0 Å². The second kappa shape index (κ2) is 9.12. The van der Waals surface area contributed by atoms with E-state index in [4.69, 9.17) is 16.3 Å². The van der Waals surface area contributed by atoms with Gasteiger partial charge in [0.15, 0.2) is 15.6 Å². The third-order valence-electron chi connectivity index (χ3n) is 5.62. The number of sulfone groups is 1. The maximum Gasteiger partial charge on any atom is 0.419 e. The lowest BCUT2D eigenvalue weighted by Crippen LogP contribution is -2.52. The van der Waals surface area contributed by atoms with E-state index in [1.165, 1.54) is 24.0 Å². The SMILES string of the molecule is CC(=O)N1c2ccc(-c3ccc(S(C)(=O)=O)cc3)cc2N(C(=O)Oc2ccccc2Cl)CC1C. The van der Waals surface area contributed by atoms with E-state index in [0.29, 0.717) is 16.4 Å². The van der Waals surface area contributed by atoms with Crippen molar-refractivity contribution >= 4 is 44.8 Å². The molecule has 0 radical (unpaired) electrons. The van der Waals surface area contributed by atoms with Gasteiger partial charge in [-0.2, -0.15) is 0 Å². The molecule has 1 unspecified atom stereocenters. The summed E-state index contributed by atoms with van der Waals surface area (Å²) in [7, 11) is -3.32. The number of ether oxygens (including phenoxy) is 1. The van der Waals surface area contributed by atoms with Gasteiger partial charge < -0.3 is 9.64 Å². The Bertz CT molecular complexity index is 1370. The summed E-state index contributed by atoms with van der Waals surface area (Å²) < 4.78 is 29.1. The van der Waals surface area contributed by atoms with Gasteiger partial charge in [-0.25, -0.2) is 13.2 Å². The Kier molecular flexibility index (Phi) is 6.38. The lowest BCUT2D eigenvalue weighted by molar-refractivity contribution is -0.117. The summed E-state index contributed by atoms with van der Waals surface area (Å²) in [6.07, 6.45) is 0.537. The number of anilines is 2. The number of carbonyl (C=O) groups is 2. The Morgan fingerprint density at radius 2 is 1.62 bits per heavy atom. The van der Waals surface area contributed by atoms with Gasteiger partial charge in [0.2, 0.25) is 5.91 Å². The van der Waals surface area contributed by atoms with Crippen LogP contribution in [-0.4, -0.2) is 39.3 Å². The number of halogens is 1. The summed E-state index contributed by atoms with van der Waals surface area (Å²) in [6.45, 7) is 3.57. The summed E-state index contributed by atoms with van der Waals surface area (Å²) in [5.41, 5.74) is 2.61. The molecular formula is C25H23ClN2O5S. The van der Waals surface area contributed by atoms with Crippen molar-refractivity contribution in [1.82, 2.24) is 0 Å². The number of benzene rings is 3. The smallest absolute Gasteiger partial charge is 0.408 e. The zero-order valence-electron chi connectivity index (χ0n) is 18.9. The van der Waals surface area contributed by atoms with Crippen molar-refractivity contribution < 1.29 is 22.7 Å². The Morgan fingerprint density at radius 3 is 2.24 bits per heavy atom. The Morgan fingerprint density at radius 1 is 0.971 bits per heavy atom. The molecule has 2 amide bonds. The van der Waals surface area contributed by atoms with Gasteiger partial charge in [-0.3, -0.25) is 9.69 Å². The predicted octanol–water partition coefficient (Wildman–Crippen LogP) is 5.17. The first-order valence-electron chi connectivity index (χ1n) is 10.5. The van der Waals surface area contributed by atoms with E-state index < -0.39 is 15.9 Å². The quantitative estimate of drug-likeness (QED) is 0.497. The van der Waals surface area contributed by atoms with E-state index in [-0.39, 0.29) is 29.1 Å². The first-order valence-corrected chi connectivity index (χ1v) is 12.8. The molecule has 0 aromatic heterocycles. The van der Waals surface area contributed by atoms with Gasteiger partial charge in [-0.05, 0) is 54.4 Å². The van der Waals surface area contributed by atoms with Crippen molar-refractivity contribution in [2.24, 2.45) is 0 Å². The summed E-state index contributed by atoms with van der Waals surface area (Å²) >= 11 is 6.16. The van der Waals surface area contributed by atoms with Crippen LogP contribution in [0.15, 0.2) is 71.6 Å². The lowest BCUT2D eigenvalue weighted by atomic mass is 10.0. The standard InChI is InChI=1S/C25H23ClN2O5S/c1-16-15-27(25(30)33-24-7-5-4-6-21(24)26)23-14-19(10-13-22(23)28(16)17(2)29)18-8-11-20(12-9-18)34(3,31)32/h4-14,16H,15H2,1-3H3. The van der Waals surface area contributed by atoms with Gasteiger partial charge >= 0.3 is 6.09 Å². The predicted molar refractivity (Wildman–Crippen MR) is 132 cm³/mol. The molecule has 1 heterocycles. The molecule has 1 atom stereocenters. The van der Waals surface area contributed by atoms with Gasteiger partial charge in [0, 0.05) is 19.7 Å². The van der Waals surface area contributed by atoms with Gasteiger partial charge in [0.1, 0.15) is 0 Å². The lowest BCUT2D eigenvalue weighted by Gasteiger charge is -2.40. The fraction of sp³-hybridized carbons (Fsp3) is 0.200. The third-order valence-corrected chi connectivity index (χ3v) is 7.06. The monoisotopic (exact) mass is 498 g/mol. The van der Waals surface area contributed by atoms with Gasteiger partial charge in [0.25, 0.3) is 0 Å². The molecule has 0 aliphatic carbocycles. The summed E-state index contributed by atoms with van der Waals surface area (Å²) in [5, 5.41) is 0.311. The van der Waals surface area contributed by atoms with E-state index in [9.17, 15) is 18.0 Å². The molecule has 3 aromatic rings. The number of hydrogen-bond acceptors (Lipinski definition) is 5. The van der Waals surface area contributed by atoms with Crippen LogP contribution in [0.5, 0.6) is 5.75 Å². The van der Waals surface area contributed by atoms with Crippen LogP contribution in [0.2, 0.25) is 5.02 Å². The number of nitrogens with zero attached hydrogens (tertiary/aromatic N) is 2. The van der Waals surface area contributed by atoms with Gasteiger partial charge in [0.05, 0.1) is 27.3 Å². The van der Waals surface area contributed by atoms with Crippen molar-refractivity contribution in [3.05, 3.63) is 71.8 Å². The third kappa shape index (κ3) is 4.64. The second-order valence-corrected chi connectivity index (χ2v) is 10.6. The minimum atomic E-state index is -3.32. The van der Waals surface area contributed by atoms with E-state index in [2.05, 4.69) is 0 Å². The van der Waals surface area contributed by atoms with Crippen LogP contribution >= 0.6 is 11.6 Å². The first kappa shape index (κ1) is 23.8. The largest absolute Gasteiger partial charge is 0.419 e. The minimum Gasteiger partial charge on any atom is -0.408 e. The number of fused-ring (bicyclic) bond motifs is 1. The average Bonchev–Trinajstić information content (AvgIpc) is 2.79. The van der Waals surface area contributed by atoms with Crippen LogP contribution in [0.1, 0.15) is 13.8 Å². The molecule has 1 aliphatic rings. The number of hydrogen-bond donors (Lipinski definition) is 0. The molecule has 0 fully saturated rings. The molecule has 34 heavy (non-hydrogen) atoms. The molecule has 176 valence electrons. The number of para-hydroxylation sites is 1. The van der Waals surface area contributed by atoms with Crippen molar-refractivity contribution in [2.75, 3.05) is 22.6 Å². The first-order chi connectivity index (χ1) is 16.1. The van der Waals surface area contributed by atoms with E-state index in [1.807, 2.05) is 13.0 Å². The highest BCUT2D eigenvalue weighted by Crippen LogP contribution is 2.39. The van der Waals surface area contributed by atoms with Crippen LogP contribution in [0, 0.1) is 0 Å². The zero-order valence-corrected chi connectivity index (χ0v) is 20.4. The Labute approximate surface area is 203 Å². The number of rotatable bonds is 3. The average molecular weight is 499 g/mol. The normalized spacial score (nSPS) is 15.6. The Balaban J connectivity index is 1.76. The Hall–Kier alpha value is -3.36. The molecule has 0 saturated carbocycles. The van der Waals surface area contributed by atoms with Gasteiger partial charge in [-0.1, -0.05) is 41.9 Å². The maximum atomic E-state index is 13.2. The fourth-order valence-electron chi connectivity index (χ4n) is 4.03. The molecule has 3 aromatic carbocycles. The highest BCUT2D eigenvalue weighted by atomic mass is 35.5. The maximum absolute atomic E-state index is 13.2. The van der Waals surface area contributed by atoms with Crippen LogP contribution in [0.3, 0.4) is 0 Å². The van der Waals surface area contributed by atoms with E-state index in [0.717, 1.165) is 17.4 Å². The molecule has 0 spiro atoms. The van der Waals surface area contributed by atoms with Crippen LogP contribution in [0.4, 0.5) is 16.2 Å². The molecule has 7 nitrogen and oxygen atoms in total. The molecular weight excluding hydrogens is 476 g/mol. The fourth-order valence-corrected chi connectivity index (χ4v) is 4.83. The molecule has 0 N–H and O–H groups in total. The highest BCUT2D eigenvalue weighted by molar-refractivity contribution is 7.90. The molecule has 0 saturated heterocycles. The summed E-state index contributed by atoms with van der Waals surface area (Å²) in [4.78, 5) is 28.9. The van der Waals surface area contributed by atoms with Crippen LogP contribution in [-0.2, 0) is 14.6 Å². The second-order valence-electron chi connectivity index (χ2n) is 8.15. The molecule has 9 heteroatoms. The zero-order chi connectivity index (χ0) is 24.6. The number of carbonyl (C=O) groups excluding carboxylic acids is 2. The van der Waals surface area contributed by atoms with Gasteiger partial charge in [-0.15, -0.1) is 0 Å². The molecule has 0 bridgehead atoms. The summed E-state index contributed by atoms with van der Waals surface area (Å²) in [5.74, 6) is 0.100. The van der Waals surface area contributed by atoms with Crippen molar-refractivity contribution in [3.63, 3.8) is 0 Å². The van der Waals surface area contributed by atoms with Crippen molar-refractivity contribution in [2.45, 2.75) is 24.8 Å². The summed E-state index contributed by atoms with van der Waals surface area (Å²) in [6, 6.07) is 18.3. The van der Waals surface area contributed by atoms with Crippen molar-refractivity contribution in [3.8, 4) is 16.9 Å². The van der Waals surface area contributed by atoms with Crippen LogP contribution in [0.25, 0.3) is 11.1 Å². The molecule has 4 rings (SSSR count). The highest BCUT2D eigenvalue weighted by Gasteiger charge is 2.35. The van der Waals surface area contributed by atoms with Crippen molar-refractivity contribution in [1.29, 1.82) is 0 Å². The number of amides is 2.